The average Bonchev–Trinajstić information content (AvgIpc) is 3.80. The summed E-state index contributed by atoms with van der Waals surface area (Å²) in [5, 5.41) is 12.3. The summed E-state index contributed by atoms with van der Waals surface area (Å²) in [5.41, 5.74) is 1.02. The third kappa shape index (κ3) is 24.2. The van der Waals surface area contributed by atoms with Gasteiger partial charge in [-0.25, -0.2) is 4.79 Å². The van der Waals surface area contributed by atoms with Crippen molar-refractivity contribution in [3.63, 3.8) is 0 Å². The lowest BCUT2D eigenvalue weighted by molar-refractivity contribution is 0.0972. The number of benzene rings is 1. The molecule has 1 fully saturated rings. The molecule has 0 bridgehead atoms. The van der Waals surface area contributed by atoms with E-state index in [1.165, 1.54) is 109 Å². The number of hydrogen-bond donors (Lipinski definition) is 2. The number of carbonyl (C=O) groups excluding carboxylic acids is 1. The largest absolute Gasteiger partial charge is 0.513 e. The fourth-order valence-corrected chi connectivity index (χ4v) is 4.51. The van der Waals surface area contributed by atoms with Crippen LogP contribution in [0.3, 0.4) is 0 Å². The van der Waals surface area contributed by atoms with Gasteiger partial charge < -0.3 is 19.9 Å². The van der Waals surface area contributed by atoms with Gasteiger partial charge in [-0.1, -0.05) is 136 Å². The van der Waals surface area contributed by atoms with Crippen molar-refractivity contribution in [3.05, 3.63) is 29.8 Å². The summed E-state index contributed by atoms with van der Waals surface area (Å²) in [6, 6.07) is 7.19. The number of aliphatic hydroxyl groups is 1. The SMILES string of the molecule is CC.CCCCCCCCCCCCCCCCCCOC(=O)Oc1ccc(C(C)CO)cc1.CNCC1CC1. The molecule has 0 amide bonds. The summed E-state index contributed by atoms with van der Waals surface area (Å²) in [7, 11) is 2.01. The quantitative estimate of drug-likeness (QED) is 0.0834. The van der Waals surface area contributed by atoms with Gasteiger partial charge in [-0.2, -0.15) is 0 Å². The van der Waals surface area contributed by atoms with E-state index in [-0.39, 0.29) is 12.5 Å². The van der Waals surface area contributed by atoms with Gasteiger partial charge in [-0.3, -0.25) is 0 Å². The first-order chi connectivity index (χ1) is 19.6. The highest BCUT2D eigenvalue weighted by Gasteiger charge is 2.19. The molecule has 2 rings (SSSR count). The zero-order valence-electron chi connectivity index (χ0n) is 27.0. The van der Waals surface area contributed by atoms with E-state index in [9.17, 15) is 9.90 Å². The Hall–Kier alpha value is -1.59. The van der Waals surface area contributed by atoms with Crippen molar-refractivity contribution >= 4 is 6.16 Å². The molecule has 234 valence electrons. The molecule has 1 aromatic carbocycles. The summed E-state index contributed by atoms with van der Waals surface area (Å²) >= 11 is 0. The van der Waals surface area contributed by atoms with Gasteiger partial charge in [0.05, 0.1) is 6.61 Å². The van der Waals surface area contributed by atoms with Crippen molar-refractivity contribution in [2.24, 2.45) is 5.92 Å². The van der Waals surface area contributed by atoms with Gasteiger partial charge in [-0.05, 0) is 56.5 Å². The van der Waals surface area contributed by atoms with E-state index in [1.807, 2.05) is 40.0 Å². The molecule has 0 radical (unpaired) electrons. The molecule has 0 heterocycles. The van der Waals surface area contributed by atoms with Gasteiger partial charge in [0.2, 0.25) is 0 Å². The standard InChI is InChI=1S/C28H48O4.C5H11N.C2H6/c1-3-4-5-6-7-8-9-10-11-12-13-14-15-16-17-18-23-31-28(30)32-27-21-19-26(20-22-27)25(2)24-29;1-6-4-5-2-3-5;1-2/h19-22,25,29H,3-18,23-24H2,1-2H3;5-6H,2-4H2,1H3;1-2H3. The zero-order chi connectivity index (χ0) is 29.7. The Morgan fingerprint density at radius 1 is 0.825 bits per heavy atom. The molecule has 2 N–H and O–H groups in total. The van der Waals surface area contributed by atoms with Crippen LogP contribution in [0, 0.1) is 5.92 Å². The Labute approximate surface area is 248 Å². The fraction of sp³-hybridized carbons (Fsp3) is 0.800. The van der Waals surface area contributed by atoms with E-state index in [2.05, 4.69) is 12.2 Å². The maximum Gasteiger partial charge on any atom is 0.513 e. The Morgan fingerprint density at radius 2 is 1.27 bits per heavy atom. The van der Waals surface area contributed by atoms with Gasteiger partial charge in [0.1, 0.15) is 5.75 Å². The number of carbonyl (C=O) groups is 1. The lowest BCUT2D eigenvalue weighted by Gasteiger charge is -2.09. The second kappa shape index (κ2) is 28.9. The van der Waals surface area contributed by atoms with E-state index in [0.717, 1.165) is 24.3 Å². The molecule has 1 aliphatic rings. The topological polar surface area (TPSA) is 67.8 Å². The molecule has 40 heavy (non-hydrogen) atoms. The Bertz CT molecular complexity index is 660. The minimum atomic E-state index is -0.645. The summed E-state index contributed by atoms with van der Waals surface area (Å²) in [5.74, 6) is 1.58. The minimum Gasteiger partial charge on any atom is -0.434 e. The Balaban J connectivity index is 0.00000164. The maximum atomic E-state index is 11.8. The number of nitrogens with one attached hydrogen (secondary N) is 1. The molecule has 1 unspecified atom stereocenters. The molecular weight excluding hydrogens is 498 g/mol. The smallest absolute Gasteiger partial charge is 0.434 e. The van der Waals surface area contributed by atoms with Crippen molar-refractivity contribution in [2.45, 2.75) is 149 Å². The summed E-state index contributed by atoms with van der Waals surface area (Å²) < 4.78 is 10.4. The molecule has 1 saturated carbocycles. The Morgan fingerprint density at radius 3 is 1.65 bits per heavy atom. The van der Waals surface area contributed by atoms with Crippen LogP contribution in [0.1, 0.15) is 155 Å². The first-order valence-corrected chi connectivity index (χ1v) is 16.8. The third-order valence-electron chi connectivity index (χ3n) is 7.33. The molecule has 0 aromatic heterocycles. The number of hydrogen-bond acceptors (Lipinski definition) is 5. The van der Waals surface area contributed by atoms with Crippen LogP contribution < -0.4 is 10.1 Å². The van der Waals surface area contributed by atoms with Crippen LogP contribution in [-0.4, -0.2) is 38.1 Å². The van der Waals surface area contributed by atoms with Crippen LogP contribution >= 0.6 is 0 Å². The molecule has 1 aliphatic carbocycles. The molecule has 1 atom stereocenters. The van der Waals surface area contributed by atoms with Crippen LogP contribution in [0.25, 0.3) is 0 Å². The summed E-state index contributed by atoms with van der Waals surface area (Å²) in [4.78, 5) is 11.8. The van der Waals surface area contributed by atoms with Gasteiger partial charge in [0.25, 0.3) is 0 Å². The van der Waals surface area contributed by atoms with Gasteiger partial charge >= 0.3 is 6.16 Å². The normalized spacial score (nSPS) is 12.9. The predicted molar refractivity (Wildman–Crippen MR) is 171 cm³/mol. The highest BCUT2D eigenvalue weighted by atomic mass is 16.7. The van der Waals surface area contributed by atoms with E-state index < -0.39 is 6.16 Å². The minimum absolute atomic E-state index is 0.0749. The first kappa shape index (κ1) is 38.4. The molecule has 5 heteroatoms. The molecule has 1 aromatic rings. The maximum absolute atomic E-state index is 11.8. The third-order valence-corrected chi connectivity index (χ3v) is 7.33. The molecule has 0 saturated heterocycles. The van der Waals surface area contributed by atoms with Crippen molar-refractivity contribution in [1.82, 2.24) is 5.32 Å². The lowest BCUT2D eigenvalue weighted by atomic mass is 10.0. The van der Waals surface area contributed by atoms with E-state index in [4.69, 9.17) is 9.47 Å². The number of ether oxygens (including phenoxy) is 2. The molecule has 5 nitrogen and oxygen atoms in total. The van der Waals surface area contributed by atoms with Crippen molar-refractivity contribution in [1.29, 1.82) is 0 Å². The molecule has 0 spiro atoms. The van der Waals surface area contributed by atoms with Crippen molar-refractivity contribution < 1.29 is 19.4 Å². The van der Waals surface area contributed by atoms with E-state index >= 15 is 0 Å². The highest BCUT2D eigenvalue weighted by molar-refractivity contribution is 5.63. The van der Waals surface area contributed by atoms with Crippen LogP contribution in [0.5, 0.6) is 5.75 Å². The zero-order valence-corrected chi connectivity index (χ0v) is 27.0. The van der Waals surface area contributed by atoms with Crippen LogP contribution in [0.2, 0.25) is 0 Å². The van der Waals surface area contributed by atoms with E-state index in [0.29, 0.717) is 12.4 Å². The molecular formula is C35H65NO4. The lowest BCUT2D eigenvalue weighted by Crippen LogP contribution is -2.11. The van der Waals surface area contributed by atoms with Gasteiger partial charge in [-0.15, -0.1) is 0 Å². The van der Waals surface area contributed by atoms with Crippen LogP contribution in [-0.2, 0) is 4.74 Å². The number of rotatable bonds is 22. The van der Waals surface area contributed by atoms with Crippen LogP contribution in [0.4, 0.5) is 4.79 Å². The second-order valence-electron chi connectivity index (χ2n) is 11.2. The highest BCUT2D eigenvalue weighted by Crippen LogP contribution is 2.27. The van der Waals surface area contributed by atoms with Crippen molar-refractivity contribution in [2.75, 3.05) is 26.8 Å². The van der Waals surface area contributed by atoms with Crippen LogP contribution in [0.15, 0.2) is 24.3 Å². The van der Waals surface area contributed by atoms with E-state index in [1.54, 1.807) is 12.1 Å². The monoisotopic (exact) mass is 563 g/mol. The molecule has 0 aliphatic heterocycles. The summed E-state index contributed by atoms with van der Waals surface area (Å²) in [6.07, 6.45) is 23.5. The summed E-state index contributed by atoms with van der Waals surface area (Å²) in [6.45, 7) is 9.97. The fourth-order valence-electron chi connectivity index (χ4n) is 4.51. The number of aliphatic hydroxyl groups excluding tert-OH is 1. The van der Waals surface area contributed by atoms with Gasteiger partial charge in [0.15, 0.2) is 0 Å². The first-order valence-electron chi connectivity index (χ1n) is 16.8. The average molecular weight is 564 g/mol. The second-order valence-corrected chi connectivity index (χ2v) is 11.2. The van der Waals surface area contributed by atoms with Crippen molar-refractivity contribution in [3.8, 4) is 5.75 Å². The number of unbranched alkanes of at least 4 members (excludes halogenated alkanes) is 15. The van der Waals surface area contributed by atoms with Gasteiger partial charge in [0, 0.05) is 12.5 Å². The predicted octanol–water partition coefficient (Wildman–Crippen LogP) is 10.2. The Kier molecular flexibility index (Phi) is 27.8.